The van der Waals surface area contributed by atoms with Crippen LogP contribution in [0.2, 0.25) is 0 Å². The second-order valence-electron chi connectivity index (χ2n) is 13.3. The van der Waals surface area contributed by atoms with Crippen molar-refractivity contribution < 1.29 is 29.6 Å². The summed E-state index contributed by atoms with van der Waals surface area (Å²) in [6, 6.07) is 0. The van der Waals surface area contributed by atoms with Gasteiger partial charge in [0.05, 0.1) is 30.5 Å². The van der Waals surface area contributed by atoms with Gasteiger partial charge >= 0.3 is 5.97 Å². The Morgan fingerprint density at radius 3 is 1.86 bits per heavy atom. The average Bonchev–Trinajstić information content (AvgIpc) is 3.61. The van der Waals surface area contributed by atoms with E-state index in [1.54, 1.807) is 0 Å². The molecule has 0 aromatic rings. The van der Waals surface area contributed by atoms with E-state index in [4.69, 9.17) is 9.47 Å². The standard InChI is InChI=1S/C37H66O6/c1-3-4-5-6-7-8-9-10-11-14-17-20-23-33(39)35-27-28-36(43-35)34(40)24-21-18-15-12-13-16-19-22-32(38)26-25-31-29-30(2)42-37(31)41/h14,17,29-30,32-36,38-40H,3-13,15-16,18-28H2,1-2H3/b17-14-/t30-,32+,33+,34+,35+,36+/m0/s1. The number of rotatable bonds is 27. The second kappa shape index (κ2) is 24.1. The molecule has 0 amide bonds. The number of esters is 1. The van der Waals surface area contributed by atoms with Crippen LogP contribution in [0.25, 0.3) is 0 Å². The van der Waals surface area contributed by atoms with Gasteiger partial charge in [0.1, 0.15) is 6.10 Å². The van der Waals surface area contributed by atoms with Gasteiger partial charge in [-0.15, -0.1) is 0 Å². The number of ether oxygens (including phenoxy) is 2. The Morgan fingerprint density at radius 1 is 0.721 bits per heavy atom. The third kappa shape index (κ3) is 17.8. The molecule has 0 aromatic heterocycles. The number of unbranched alkanes of at least 4 members (excludes halogenated alkanes) is 14. The molecule has 6 atom stereocenters. The smallest absolute Gasteiger partial charge is 0.334 e. The van der Waals surface area contributed by atoms with Crippen LogP contribution in [0.1, 0.15) is 168 Å². The van der Waals surface area contributed by atoms with E-state index in [9.17, 15) is 20.1 Å². The minimum atomic E-state index is -0.446. The summed E-state index contributed by atoms with van der Waals surface area (Å²) in [6.07, 6.45) is 30.5. The zero-order chi connectivity index (χ0) is 31.1. The predicted molar refractivity (Wildman–Crippen MR) is 176 cm³/mol. The highest BCUT2D eigenvalue weighted by Gasteiger charge is 2.33. The van der Waals surface area contributed by atoms with Crippen LogP contribution in [0.15, 0.2) is 23.8 Å². The second-order valence-corrected chi connectivity index (χ2v) is 13.3. The van der Waals surface area contributed by atoms with Gasteiger partial charge in [0.25, 0.3) is 0 Å². The molecule has 2 rings (SSSR count). The highest BCUT2D eigenvalue weighted by Crippen LogP contribution is 2.28. The van der Waals surface area contributed by atoms with E-state index in [0.29, 0.717) is 18.4 Å². The van der Waals surface area contributed by atoms with Crippen LogP contribution in [0, 0.1) is 0 Å². The summed E-state index contributed by atoms with van der Waals surface area (Å²) in [6.45, 7) is 4.12. The number of allylic oxidation sites excluding steroid dienone is 2. The quantitative estimate of drug-likeness (QED) is 0.0492. The van der Waals surface area contributed by atoms with Crippen LogP contribution in [0.5, 0.6) is 0 Å². The first-order valence-corrected chi connectivity index (χ1v) is 18.2. The lowest BCUT2D eigenvalue weighted by atomic mass is 10.00. The van der Waals surface area contributed by atoms with Gasteiger partial charge in [-0.1, -0.05) is 109 Å². The van der Waals surface area contributed by atoms with Crippen LogP contribution in [-0.4, -0.2) is 57.9 Å². The monoisotopic (exact) mass is 606 g/mol. The lowest BCUT2D eigenvalue weighted by Gasteiger charge is -2.22. The fraction of sp³-hybridized carbons (Fsp3) is 0.865. The first-order valence-electron chi connectivity index (χ1n) is 18.2. The molecule has 6 nitrogen and oxygen atoms in total. The maximum atomic E-state index is 11.6. The molecule has 6 heteroatoms. The van der Waals surface area contributed by atoms with Crippen LogP contribution >= 0.6 is 0 Å². The van der Waals surface area contributed by atoms with Crippen molar-refractivity contribution in [3.63, 3.8) is 0 Å². The van der Waals surface area contributed by atoms with Crippen molar-refractivity contribution in [2.24, 2.45) is 0 Å². The molecule has 0 aromatic carbocycles. The molecule has 1 saturated heterocycles. The van der Waals surface area contributed by atoms with Gasteiger partial charge in [0.2, 0.25) is 0 Å². The largest absolute Gasteiger partial charge is 0.455 e. The number of carbonyl (C=O) groups excluding carboxylic acids is 1. The zero-order valence-corrected chi connectivity index (χ0v) is 27.7. The number of hydrogen-bond donors (Lipinski definition) is 3. The molecule has 0 aliphatic carbocycles. The molecule has 2 aliphatic rings. The SMILES string of the molecule is CCCCCCCCCC/C=C\CC[C@@H](O)[C@H]1CC[C@H]([C@H](O)CCCCCCCCC[C@@H](O)CCC2=C[C@H](C)OC2=O)O1. The van der Waals surface area contributed by atoms with Crippen LogP contribution < -0.4 is 0 Å². The molecular weight excluding hydrogens is 540 g/mol. The van der Waals surface area contributed by atoms with E-state index < -0.39 is 12.2 Å². The van der Waals surface area contributed by atoms with Gasteiger partial charge < -0.3 is 24.8 Å². The van der Waals surface area contributed by atoms with E-state index in [2.05, 4.69) is 19.1 Å². The molecule has 0 unspecified atom stereocenters. The van der Waals surface area contributed by atoms with Crippen LogP contribution in [0.3, 0.4) is 0 Å². The van der Waals surface area contributed by atoms with E-state index in [1.807, 2.05) is 13.0 Å². The zero-order valence-electron chi connectivity index (χ0n) is 27.7. The molecule has 1 fully saturated rings. The van der Waals surface area contributed by atoms with Gasteiger partial charge in [-0.05, 0) is 77.2 Å². The summed E-state index contributed by atoms with van der Waals surface area (Å²) in [5, 5.41) is 31.4. The minimum Gasteiger partial charge on any atom is -0.455 e. The van der Waals surface area contributed by atoms with Gasteiger partial charge in [0, 0.05) is 5.57 Å². The van der Waals surface area contributed by atoms with Crippen molar-refractivity contribution in [2.45, 2.75) is 205 Å². The molecule has 3 N–H and O–H groups in total. The first kappa shape index (κ1) is 38.0. The summed E-state index contributed by atoms with van der Waals surface area (Å²) < 4.78 is 11.2. The fourth-order valence-corrected chi connectivity index (χ4v) is 6.42. The summed E-state index contributed by atoms with van der Waals surface area (Å²) in [4.78, 5) is 11.6. The third-order valence-corrected chi connectivity index (χ3v) is 9.24. The summed E-state index contributed by atoms with van der Waals surface area (Å²) in [5.41, 5.74) is 0.705. The van der Waals surface area contributed by atoms with Crippen molar-refractivity contribution >= 4 is 5.97 Å². The van der Waals surface area contributed by atoms with E-state index in [0.717, 1.165) is 70.6 Å². The molecule has 2 heterocycles. The van der Waals surface area contributed by atoms with Gasteiger partial charge in [-0.3, -0.25) is 0 Å². The summed E-state index contributed by atoms with van der Waals surface area (Å²) >= 11 is 0. The summed E-state index contributed by atoms with van der Waals surface area (Å²) in [7, 11) is 0. The van der Waals surface area contributed by atoms with Crippen molar-refractivity contribution in [3.05, 3.63) is 23.8 Å². The van der Waals surface area contributed by atoms with Crippen LogP contribution in [0.4, 0.5) is 0 Å². The van der Waals surface area contributed by atoms with E-state index in [1.165, 1.54) is 70.6 Å². The Kier molecular flexibility index (Phi) is 21.3. The average molecular weight is 607 g/mol. The predicted octanol–water partition coefficient (Wildman–Crippen LogP) is 8.65. The maximum Gasteiger partial charge on any atom is 0.334 e. The molecule has 250 valence electrons. The Hall–Kier alpha value is -1.21. The van der Waals surface area contributed by atoms with Gasteiger partial charge in [-0.25, -0.2) is 4.79 Å². The molecule has 0 radical (unpaired) electrons. The maximum absolute atomic E-state index is 11.6. The first-order chi connectivity index (χ1) is 20.9. The lowest BCUT2D eigenvalue weighted by Crippen LogP contribution is -2.30. The van der Waals surface area contributed by atoms with Gasteiger partial charge in [-0.2, -0.15) is 0 Å². The normalized spacial score (nSPS) is 22.7. The molecule has 2 aliphatic heterocycles. The molecule has 43 heavy (non-hydrogen) atoms. The minimum absolute atomic E-state index is 0.136. The summed E-state index contributed by atoms with van der Waals surface area (Å²) in [5.74, 6) is -0.232. The molecular formula is C37H66O6. The topological polar surface area (TPSA) is 96.2 Å². The van der Waals surface area contributed by atoms with Crippen molar-refractivity contribution in [3.8, 4) is 0 Å². The van der Waals surface area contributed by atoms with Gasteiger partial charge in [0.15, 0.2) is 0 Å². The number of cyclic esters (lactones) is 1. The lowest BCUT2D eigenvalue weighted by molar-refractivity contribution is -0.139. The Morgan fingerprint density at radius 2 is 1.26 bits per heavy atom. The van der Waals surface area contributed by atoms with Crippen molar-refractivity contribution in [1.82, 2.24) is 0 Å². The molecule has 0 bridgehead atoms. The van der Waals surface area contributed by atoms with E-state index in [-0.39, 0.29) is 30.4 Å². The molecule has 0 saturated carbocycles. The Labute approximate surface area is 263 Å². The van der Waals surface area contributed by atoms with Crippen molar-refractivity contribution in [1.29, 1.82) is 0 Å². The highest BCUT2D eigenvalue weighted by molar-refractivity contribution is 5.90. The Balaban J connectivity index is 1.38. The third-order valence-electron chi connectivity index (χ3n) is 9.24. The van der Waals surface area contributed by atoms with E-state index >= 15 is 0 Å². The number of aliphatic hydroxyl groups is 3. The molecule has 0 spiro atoms. The Bertz CT molecular complexity index is 764. The number of hydrogen-bond acceptors (Lipinski definition) is 6. The van der Waals surface area contributed by atoms with Crippen molar-refractivity contribution in [2.75, 3.05) is 0 Å². The number of aliphatic hydroxyl groups excluding tert-OH is 3. The fourth-order valence-electron chi connectivity index (χ4n) is 6.42. The highest BCUT2D eigenvalue weighted by atomic mass is 16.5. The van der Waals surface area contributed by atoms with Crippen LogP contribution in [-0.2, 0) is 14.3 Å². The number of carbonyl (C=O) groups is 1.